The Morgan fingerprint density at radius 2 is 2.09 bits per heavy atom. The standard InChI is InChI=1S/C17H15ClN4O/c1-22-16-6-12(18)5-14(15(16)9-20-22)17(23)21-13-3-2-10-7-19-8-11(10)4-13/h2-6,9,19H,7-8H2,1H3,(H,21,23). The average Bonchev–Trinajstić information content (AvgIpc) is 3.13. The van der Waals surface area contributed by atoms with E-state index in [0.29, 0.717) is 10.6 Å². The van der Waals surface area contributed by atoms with Gasteiger partial charge in [0.1, 0.15) is 0 Å². The smallest absolute Gasteiger partial charge is 0.256 e. The van der Waals surface area contributed by atoms with Crippen molar-refractivity contribution in [2.24, 2.45) is 7.05 Å². The predicted octanol–water partition coefficient (Wildman–Crippen LogP) is 3.08. The Hall–Kier alpha value is -2.37. The van der Waals surface area contributed by atoms with Gasteiger partial charge in [0.25, 0.3) is 5.91 Å². The summed E-state index contributed by atoms with van der Waals surface area (Å²) in [6, 6.07) is 9.47. The summed E-state index contributed by atoms with van der Waals surface area (Å²) in [7, 11) is 1.83. The van der Waals surface area contributed by atoms with E-state index in [9.17, 15) is 4.79 Å². The number of hydrogen-bond acceptors (Lipinski definition) is 3. The molecule has 2 N–H and O–H groups in total. The number of carbonyl (C=O) groups is 1. The lowest BCUT2D eigenvalue weighted by Crippen LogP contribution is -2.12. The van der Waals surface area contributed by atoms with Crippen molar-refractivity contribution >= 4 is 34.1 Å². The van der Waals surface area contributed by atoms with E-state index in [1.807, 2.05) is 31.3 Å². The molecule has 116 valence electrons. The SMILES string of the molecule is Cn1ncc2c(C(=O)Nc3ccc4c(c3)CNC4)cc(Cl)cc21. The zero-order chi connectivity index (χ0) is 16.0. The number of fused-ring (bicyclic) bond motifs is 2. The fourth-order valence-corrected chi connectivity index (χ4v) is 3.18. The number of amides is 1. The molecule has 0 aliphatic carbocycles. The summed E-state index contributed by atoms with van der Waals surface area (Å²) >= 11 is 6.15. The van der Waals surface area contributed by atoms with Gasteiger partial charge in [-0.25, -0.2) is 0 Å². The number of anilines is 1. The molecule has 0 spiro atoms. The fraction of sp³-hybridized carbons (Fsp3) is 0.176. The van der Waals surface area contributed by atoms with Gasteiger partial charge < -0.3 is 10.6 Å². The maximum absolute atomic E-state index is 12.7. The maximum Gasteiger partial charge on any atom is 0.256 e. The Bertz CT molecular complexity index is 932. The minimum atomic E-state index is -0.184. The Morgan fingerprint density at radius 3 is 2.96 bits per heavy atom. The summed E-state index contributed by atoms with van der Waals surface area (Å²) in [5.41, 5.74) is 4.65. The zero-order valence-electron chi connectivity index (χ0n) is 12.6. The second-order valence-electron chi connectivity index (χ2n) is 5.70. The Morgan fingerprint density at radius 1 is 1.26 bits per heavy atom. The number of halogens is 1. The first-order chi connectivity index (χ1) is 11.1. The summed E-state index contributed by atoms with van der Waals surface area (Å²) in [5.74, 6) is -0.184. The molecule has 0 saturated heterocycles. The van der Waals surface area contributed by atoms with Crippen molar-refractivity contribution in [1.82, 2.24) is 15.1 Å². The molecule has 0 bridgehead atoms. The molecule has 5 nitrogen and oxygen atoms in total. The van der Waals surface area contributed by atoms with Crippen molar-refractivity contribution in [3.63, 3.8) is 0 Å². The second-order valence-corrected chi connectivity index (χ2v) is 6.13. The van der Waals surface area contributed by atoms with Crippen molar-refractivity contribution in [3.8, 4) is 0 Å². The molecule has 0 radical (unpaired) electrons. The van der Waals surface area contributed by atoms with Crippen LogP contribution in [0.2, 0.25) is 5.02 Å². The second kappa shape index (κ2) is 5.37. The van der Waals surface area contributed by atoms with Crippen molar-refractivity contribution in [1.29, 1.82) is 0 Å². The topological polar surface area (TPSA) is 59.0 Å². The van der Waals surface area contributed by atoms with Gasteiger partial charge in [-0.05, 0) is 35.4 Å². The molecule has 0 atom stereocenters. The third-order valence-corrected chi connectivity index (χ3v) is 4.39. The van der Waals surface area contributed by atoms with Crippen LogP contribution in [0.15, 0.2) is 36.5 Å². The van der Waals surface area contributed by atoms with Crippen LogP contribution in [0.1, 0.15) is 21.5 Å². The third-order valence-electron chi connectivity index (χ3n) is 4.17. The number of aryl methyl sites for hydroxylation is 1. The number of rotatable bonds is 2. The van der Waals surface area contributed by atoms with E-state index in [1.54, 1.807) is 16.9 Å². The molecule has 0 fully saturated rings. The highest BCUT2D eigenvalue weighted by atomic mass is 35.5. The highest BCUT2D eigenvalue weighted by Gasteiger charge is 2.16. The van der Waals surface area contributed by atoms with Gasteiger partial charge in [-0.1, -0.05) is 17.7 Å². The molecule has 1 aliphatic rings. The summed E-state index contributed by atoms with van der Waals surface area (Å²) < 4.78 is 1.71. The van der Waals surface area contributed by atoms with Crippen LogP contribution in [-0.4, -0.2) is 15.7 Å². The lowest BCUT2D eigenvalue weighted by atomic mass is 10.1. The molecule has 1 amide bonds. The van der Waals surface area contributed by atoms with Crippen LogP contribution in [-0.2, 0) is 20.1 Å². The number of aromatic nitrogens is 2. The number of nitrogens with one attached hydrogen (secondary N) is 2. The quantitative estimate of drug-likeness (QED) is 0.761. The van der Waals surface area contributed by atoms with E-state index in [2.05, 4.69) is 15.7 Å². The van der Waals surface area contributed by atoms with Crippen LogP contribution in [0, 0.1) is 0 Å². The first kappa shape index (κ1) is 14.2. The number of nitrogens with zero attached hydrogens (tertiary/aromatic N) is 2. The van der Waals surface area contributed by atoms with Gasteiger partial charge >= 0.3 is 0 Å². The molecule has 4 rings (SSSR count). The minimum Gasteiger partial charge on any atom is -0.322 e. The van der Waals surface area contributed by atoms with E-state index in [-0.39, 0.29) is 5.91 Å². The van der Waals surface area contributed by atoms with E-state index in [0.717, 1.165) is 29.7 Å². The predicted molar refractivity (Wildman–Crippen MR) is 90.7 cm³/mol. The van der Waals surface area contributed by atoms with Gasteiger partial charge in [-0.3, -0.25) is 9.48 Å². The number of carbonyl (C=O) groups excluding carboxylic acids is 1. The molecule has 23 heavy (non-hydrogen) atoms. The van der Waals surface area contributed by atoms with Crippen LogP contribution < -0.4 is 10.6 Å². The molecule has 2 aromatic carbocycles. The van der Waals surface area contributed by atoms with E-state index >= 15 is 0 Å². The molecule has 1 aromatic heterocycles. The minimum absolute atomic E-state index is 0.184. The Labute approximate surface area is 138 Å². The lowest BCUT2D eigenvalue weighted by Gasteiger charge is -2.09. The summed E-state index contributed by atoms with van der Waals surface area (Å²) in [6.07, 6.45) is 1.69. The molecule has 3 aromatic rings. The van der Waals surface area contributed by atoms with Crippen molar-refractivity contribution < 1.29 is 4.79 Å². The van der Waals surface area contributed by atoms with Crippen LogP contribution >= 0.6 is 11.6 Å². The molecule has 2 heterocycles. The van der Waals surface area contributed by atoms with Crippen molar-refractivity contribution in [3.05, 3.63) is 58.2 Å². The first-order valence-electron chi connectivity index (χ1n) is 7.37. The van der Waals surface area contributed by atoms with Gasteiger partial charge in [0.2, 0.25) is 0 Å². The van der Waals surface area contributed by atoms with E-state index in [4.69, 9.17) is 11.6 Å². The summed E-state index contributed by atoms with van der Waals surface area (Å²) in [5, 5.41) is 11.8. The molecule has 0 saturated carbocycles. The van der Waals surface area contributed by atoms with Crippen LogP contribution in [0.4, 0.5) is 5.69 Å². The molecular weight excluding hydrogens is 312 g/mol. The Balaban J connectivity index is 1.69. The van der Waals surface area contributed by atoms with E-state index < -0.39 is 0 Å². The van der Waals surface area contributed by atoms with E-state index in [1.165, 1.54) is 11.1 Å². The van der Waals surface area contributed by atoms with Gasteiger partial charge in [-0.15, -0.1) is 0 Å². The third kappa shape index (κ3) is 2.48. The van der Waals surface area contributed by atoms with Crippen molar-refractivity contribution in [2.75, 3.05) is 5.32 Å². The van der Waals surface area contributed by atoms with Gasteiger partial charge in [0.05, 0.1) is 17.3 Å². The molecule has 6 heteroatoms. The maximum atomic E-state index is 12.7. The normalized spacial score (nSPS) is 13.3. The fourth-order valence-electron chi connectivity index (χ4n) is 2.97. The molecule has 0 unspecified atom stereocenters. The summed E-state index contributed by atoms with van der Waals surface area (Å²) in [6.45, 7) is 1.72. The van der Waals surface area contributed by atoms with Crippen LogP contribution in [0.5, 0.6) is 0 Å². The number of hydrogen-bond donors (Lipinski definition) is 2. The highest BCUT2D eigenvalue weighted by molar-refractivity contribution is 6.32. The van der Waals surface area contributed by atoms with Gasteiger partial charge in [0.15, 0.2) is 0 Å². The lowest BCUT2D eigenvalue weighted by molar-refractivity contribution is 0.102. The zero-order valence-corrected chi connectivity index (χ0v) is 13.3. The highest BCUT2D eigenvalue weighted by Crippen LogP contribution is 2.25. The average molecular weight is 327 g/mol. The Kier molecular flexibility index (Phi) is 3.32. The molecule has 1 aliphatic heterocycles. The van der Waals surface area contributed by atoms with Crippen molar-refractivity contribution in [2.45, 2.75) is 13.1 Å². The largest absolute Gasteiger partial charge is 0.322 e. The van der Waals surface area contributed by atoms with Gasteiger partial charge in [0, 0.05) is 36.2 Å². The monoisotopic (exact) mass is 326 g/mol. The first-order valence-corrected chi connectivity index (χ1v) is 7.75. The van der Waals surface area contributed by atoms with Crippen LogP contribution in [0.25, 0.3) is 10.9 Å². The molecular formula is C17H15ClN4O. The number of benzene rings is 2. The summed E-state index contributed by atoms with van der Waals surface area (Å²) in [4.78, 5) is 12.7. The van der Waals surface area contributed by atoms with Crippen LogP contribution in [0.3, 0.4) is 0 Å². The van der Waals surface area contributed by atoms with Gasteiger partial charge in [-0.2, -0.15) is 5.10 Å².